The molecule has 1 saturated carbocycles. The van der Waals surface area contributed by atoms with Crippen LogP contribution in [0.2, 0.25) is 10.0 Å². The number of nitrogens with zero attached hydrogens (tertiary/aromatic N) is 1. The number of carbonyl (C=O) groups is 1. The molecular formula is C24H27Cl2N3O. The van der Waals surface area contributed by atoms with Crippen molar-refractivity contribution in [3.63, 3.8) is 0 Å². The number of nitrogens with one attached hydrogen (secondary N) is 2. The summed E-state index contributed by atoms with van der Waals surface area (Å²) in [5.41, 5.74) is 2.79. The van der Waals surface area contributed by atoms with Crippen LogP contribution in [0.25, 0.3) is 0 Å². The van der Waals surface area contributed by atoms with E-state index >= 15 is 0 Å². The zero-order valence-corrected chi connectivity index (χ0v) is 18.5. The third-order valence-electron chi connectivity index (χ3n) is 6.77. The van der Waals surface area contributed by atoms with Crippen molar-refractivity contribution in [3.8, 4) is 0 Å². The molecule has 0 radical (unpaired) electrons. The summed E-state index contributed by atoms with van der Waals surface area (Å²) in [4.78, 5) is 16.3. The molecule has 6 heteroatoms. The predicted octanol–water partition coefficient (Wildman–Crippen LogP) is 5.08. The lowest BCUT2D eigenvalue weighted by Gasteiger charge is -2.40. The van der Waals surface area contributed by atoms with Gasteiger partial charge in [-0.25, -0.2) is 0 Å². The maximum absolute atomic E-state index is 13.9. The highest BCUT2D eigenvalue weighted by Crippen LogP contribution is 2.40. The maximum atomic E-state index is 13.9. The molecule has 2 aromatic rings. The highest BCUT2D eigenvalue weighted by atomic mass is 35.5. The number of carbonyl (C=O) groups excluding carboxylic acids is 1. The van der Waals surface area contributed by atoms with E-state index in [1.165, 1.54) is 18.5 Å². The highest BCUT2D eigenvalue weighted by molar-refractivity contribution is 6.33. The summed E-state index contributed by atoms with van der Waals surface area (Å²) >= 11 is 12.6. The highest BCUT2D eigenvalue weighted by Gasteiger charge is 2.46. The Labute approximate surface area is 187 Å². The zero-order valence-electron chi connectivity index (χ0n) is 17.0. The van der Waals surface area contributed by atoms with E-state index in [-0.39, 0.29) is 11.8 Å². The summed E-state index contributed by atoms with van der Waals surface area (Å²) in [6.45, 7) is 1.62. The summed E-state index contributed by atoms with van der Waals surface area (Å²) in [5, 5.41) is 8.52. The van der Waals surface area contributed by atoms with Crippen molar-refractivity contribution >= 4 is 40.4 Å². The number of ketones is 1. The Morgan fingerprint density at radius 1 is 1.17 bits per heavy atom. The average molecular weight is 444 g/mol. The molecular weight excluding hydrogens is 417 g/mol. The lowest BCUT2D eigenvalue weighted by molar-refractivity contribution is -0.125. The van der Waals surface area contributed by atoms with Gasteiger partial charge in [-0.05, 0) is 81.0 Å². The van der Waals surface area contributed by atoms with Crippen LogP contribution in [0.15, 0.2) is 42.5 Å². The standard InChI is InChI=1S/C24H27Cl2N3O/c25-17-6-9-19(26)16(14-17)10-12-24(11-3-13-27-24)23(30)21-15-29(18-7-8-18)22-5-2-1-4-20(22)28-21/h1-2,4-6,9,14,18,21,27-28H,3,7-8,10-13,15H2/t21?,24-/m1/s1. The van der Waals surface area contributed by atoms with Gasteiger partial charge in [0, 0.05) is 22.6 Å². The molecule has 2 aromatic carbocycles. The van der Waals surface area contributed by atoms with Crippen LogP contribution in [0.3, 0.4) is 0 Å². The first-order chi connectivity index (χ1) is 14.6. The number of hydrogen-bond acceptors (Lipinski definition) is 4. The van der Waals surface area contributed by atoms with Crippen LogP contribution in [0.1, 0.15) is 37.7 Å². The molecule has 2 aliphatic heterocycles. The first-order valence-corrected chi connectivity index (χ1v) is 11.7. The molecule has 1 unspecified atom stereocenters. The zero-order chi connectivity index (χ0) is 20.7. The summed E-state index contributed by atoms with van der Waals surface area (Å²) in [6.07, 6.45) is 5.78. The predicted molar refractivity (Wildman–Crippen MR) is 124 cm³/mol. The van der Waals surface area contributed by atoms with E-state index in [9.17, 15) is 4.79 Å². The number of para-hydroxylation sites is 2. The number of halogens is 2. The molecule has 0 amide bonds. The van der Waals surface area contributed by atoms with Crippen LogP contribution in [0, 0.1) is 0 Å². The Balaban J connectivity index is 1.38. The Morgan fingerprint density at radius 3 is 2.77 bits per heavy atom. The second kappa shape index (κ2) is 8.07. The molecule has 158 valence electrons. The number of aryl methyl sites for hydroxylation is 1. The molecule has 2 heterocycles. The number of Topliss-reactive ketones (excluding diaryl/α,β-unsaturated/α-hetero) is 1. The molecule has 30 heavy (non-hydrogen) atoms. The lowest BCUT2D eigenvalue weighted by atomic mass is 9.81. The van der Waals surface area contributed by atoms with Crippen LogP contribution in [0.4, 0.5) is 11.4 Å². The molecule has 0 spiro atoms. The van der Waals surface area contributed by atoms with Crippen LogP contribution >= 0.6 is 23.2 Å². The van der Waals surface area contributed by atoms with E-state index in [1.54, 1.807) is 6.07 Å². The number of anilines is 2. The molecule has 1 saturated heterocycles. The fraction of sp³-hybridized carbons (Fsp3) is 0.458. The van der Waals surface area contributed by atoms with Gasteiger partial charge in [0.15, 0.2) is 5.78 Å². The summed E-state index contributed by atoms with van der Waals surface area (Å²) < 4.78 is 0. The van der Waals surface area contributed by atoms with E-state index in [1.807, 2.05) is 18.2 Å². The quantitative estimate of drug-likeness (QED) is 0.652. The fourth-order valence-electron chi connectivity index (χ4n) is 5.02. The molecule has 2 N–H and O–H groups in total. The number of fused-ring (bicyclic) bond motifs is 1. The fourth-order valence-corrected chi connectivity index (χ4v) is 5.43. The van der Waals surface area contributed by atoms with E-state index in [2.05, 4.69) is 33.7 Å². The van der Waals surface area contributed by atoms with Crippen molar-refractivity contribution < 1.29 is 4.79 Å². The molecule has 2 atom stereocenters. The minimum absolute atomic E-state index is 0.207. The number of benzene rings is 2. The summed E-state index contributed by atoms with van der Waals surface area (Å²) in [6, 6.07) is 14.3. The molecule has 2 fully saturated rings. The van der Waals surface area contributed by atoms with Crippen molar-refractivity contribution in [2.24, 2.45) is 0 Å². The Hall–Kier alpha value is -1.75. The Kier molecular flexibility index (Phi) is 5.42. The van der Waals surface area contributed by atoms with Gasteiger partial charge in [0.25, 0.3) is 0 Å². The largest absolute Gasteiger partial charge is 0.372 e. The first-order valence-electron chi connectivity index (χ1n) is 10.9. The lowest BCUT2D eigenvalue weighted by Crippen LogP contribution is -2.58. The van der Waals surface area contributed by atoms with Crippen LogP contribution in [-0.4, -0.2) is 36.5 Å². The molecule has 0 aromatic heterocycles. The summed E-state index contributed by atoms with van der Waals surface area (Å²) in [7, 11) is 0. The first kappa shape index (κ1) is 20.2. The van der Waals surface area contributed by atoms with Crippen molar-refractivity contribution in [3.05, 3.63) is 58.1 Å². The van der Waals surface area contributed by atoms with Crippen molar-refractivity contribution in [1.82, 2.24) is 5.32 Å². The second-order valence-corrected chi connectivity index (χ2v) is 9.65. The minimum atomic E-state index is -0.509. The van der Waals surface area contributed by atoms with E-state index in [0.29, 0.717) is 16.1 Å². The van der Waals surface area contributed by atoms with Gasteiger partial charge in [-0.1, -0.05) is 35.3 Å². The number of rotatable bonds is 6. The van der Waals surface area contributed by atoms with Crippen molar-refractivity contribution in [2.75, 3.05) is 23.3 Å². The normalized spacial score (nSPS) is 25.7. The number of hydrogen-bond donors (Lipinski definition) is 2. The van der Waals surface area contributed by atoms with E-state index in [0.717, 1.165) is 50.0 Å². The van der Waals surface area contributed by atoms with Crippen LogP contribution in [-0.2, 0) is 11.2 Å². The van der Waals surface area contributed by atoms with Gasteiger partial charge in [-0.15, -0.1) is 0 Å². The topological polar surface area (TPSA) is 44.4 Å². The monoisotopic (exact) mass is 443 g/mol. The molecule has 3 aliphatic rings. The minimum Gasteiger partial charge on any atom is -0.372 e. The van der Waals surface area contributed by atoms with Gasteiger partial charge < -0.3 is 15.5 Å². The molecule has 1 aliphatic carbocycles. The smallest absolute Gasteiger partial charge is 0.176 e. The van der Waals surface area contributed by atoms with Gasteiger partial charge >= 0.3 is 0 Å². The summed E-state index contributed by atoms with van der Waals surface area (Å²) in [5.74, 6) is 0.276. The molecule has 0 bridgehead atoms. The third-order valence-corrected chi connectivity index (χ3v) is 7.37. The van der Waals surface area contributed by atoms with Gasteiger partial charge in [-0.2, -0.15) is 0 Å². The maximum Gasteiger partial charge on any atom is 0.176 e. The van der Waals surface area contributed by atoms with E-state index in [4.69, 9.17) is 23.2 Å². The van der Waals surface area contributed by atoms with Crippen LogP contribution < -0.4 is 15.5 Å². The second-order valence-electron chi connectivity index (χ2n) is 8.81. The molecule has 4 nitrogen and oxygen atoms in total. The van der Waals surface area contributed by atoms with Gasteiger partial charge in [0.2, 0.25) is 0 Å². The Morgan fingerprint density at radius 2 is 2.00 bits per heavy atom. The van der Waals surface area contributed by atoms with Crippen LogP contribution in [0.5, 0.6) is 0 Å². The SMILES string of the molecule is O=C(C1CN(C2CC2)c2ccccc2N1)[C@]1(CCc2cc(Cl)ccc2Cl)CCCN1. The Bertz CT molecular complexity index is 953. The average Bonchev–Trinajstić information content (AvgIpc) is 3.50. The van der Waals surface area contributed by atoms with Crippen molar-refractivity contribution in [2.45, 2.75) is 56.1 Å². The van der Waals surface area contributed by atoms with Gasteiger partial charge in [0.05, 0.1) is 16.9 Å². The molecule has 5 rings (SSSR count). The van der Waals surface area contributed by atoms with Gasteiger partial charge in [0.1, 0.15) is 6.04 Å². The van der Waals surface area contributed by atoms with Gasteiger partial charge in [-0.3, -0.25) is 4.79 Å². The third kappa shape index (κ3) is 3.81. The van der Waals surface area contributed by atoms with Crippen molar-refractivity contribution in [1.29, 1.82) is 0 Å². The van der Waals surface area contributed by atoms with E-state index < -0.39 is 5.54 Å².